The molecule has 8 heteroatoms. The maximum atomic E-state index is 12.7. The van der Waals surface area contributed by atoms with E-state index >= 15 is 0 Å². The molecular weight excluding hydrogens is 420 g/mol. The van der Waals surface area contributed by atoms with Gasteiger partial charge in [0.05, 0.1) is 0 Å². The zero-order valence-electron chi connectivity index (χ0n) is 18.2. The lowest BCUT2D eigenvalue weighted by Crippen LogP contribution is -2.44. The number of rotatable bonds is 5. The summed E-state index contributed by atoms with van der Waals surface area (Å²) in [6.07, 6.45) is -0.607. The minimum absolute atomic E-state index is 0.0569. The second kappa shape index (κ2) is 8.38. The van der Waals surface area contributed by atoms with Crippen molar-refractivity contribution in [2.45, 2.75) is 18.9 Å². The number of aromatic nitrogens is 3. The monoisotopic (exact) mass is 442 g/mol. The van der Waals surface area contributed by atoms with Gasteiger partial charge in [-0.15, -0.1) is 5.10 Å². The molecule has 3 aromatic carbocycles. The van der Waals surface area contributed by atoms with E-state index in [0.29, 0.717) is 11.0 Å². The summed E-state index contributed by atoms with van der Waals surface area (Å²) in [7, 11) is 1.50. The van der Waals surface area contributed by atoms with Crippen molar-refractivity contribution in [1.29, 1.82) is 0 Å². The molecule has 166 valence electrons. The van der Waals surface area contributed by atoms with Crippen LogP contribution in [0.15, 0.2) is 72.8 Å². The average Bonchev–Trinajstić information content (AvgIpc) is 3.40. The Labute approximate surface area is 190 Å². The molecule has 0 saturated heterocycles. The van der Waals surface area contributed by atoms with Crippen LogP contribution in [0.4, 0.5) is 4.79 Å². The van der Waals surface area contributed by atoms with Gasteiger partial charge in [0.25, 0.3) is 0 Å². The molecule has 4 aromatic rings. The second-order valence-electron chi connectivity index (χ2n) is 7.95. The highest BCUT2D eigenvalue weighted by molar-refractivity contribution is 5.82. The number of carbonyl (C=O) groups excluding carboxylic acids is 2. The van der Waals surface area contributed by atoms with E-state index in [2.05, 4.69) is 34.6 Å². The first-order chi connectivity index (χ1) is 16.0. The van der Waals surface area contributed by atoms with Gasteiger partial charge in [-0.25, -0.2) is 9.59 Å². The zero-order valence-corrected chi connectivity index (χ0v) is 18.2. The van der Waals surface area contributed by atoms with Gasteiger partial charge in [0.2, 0.25) is 0 Å². The maximum Gasteiger partial charge on any atom is 0.410 e. The van der Waals surface area contributed by atoms with Crippen molar-refractivity contribution >= 4 is 23.1 Å². The third-order valence-electron chi connectivity index (χ3n) is 6.04. The number of hydrogen-bond donors (Lipinski definition) is 0. The van der Waals surface area contributed by atoms with Crippen LogP contribution in [-0.2, 0) is 9.53 Å². The van der Waals surface area contributed by atoms with Crippen molar-refractivity contribution < 1.29 is 19.2 Å². The molecule has 1 aliphatic carbocycles. The Morgan fingerprint density at radius 3 is 2.27 bits per heavy atom. The number of ether oxygens (including phenoxy) is 1. The first-order valence-electron chi connectivity index (χ1n) is 10.6. The quantitative estimate of drug-likeness (QED) is 0.439. The molecule has 0 unspecified atom stereocenters. The van der Waals surface area contributed by atoms with Crippen LogP contribution in [0.3, 0.4) is 0 Å². The second-order valence-corrected chi connectivity index (χ2v) is 7.95. The highest BCUT2D eigenvalue weighted by Gasteiger charge is 2.31. The number of nitrogens with zero attached hydrogens (tertiary/aromatic N) is 4. The molecule has 1 aliphatic rings. The largest absolute Gasteiger partial charge is 0.448 e. The minimum atomic E-state index is -0.886. The van der Waals surface area contributed by atoms with Gasteiger partial charge < -0.3 is 9.57 Å². The summed E-state index contributed by atoms with van der Waals surface area (Å²) in [6.45, 7) is 1.75. The molecule has 0 N–H and O–H groups in total. The molecule has 0 saturated carbocycles. The van der Waals surface area contributed by atoms with Crippen LogP contribution in [0.2, 0.25) is 0 Å². The standard InChI is InChI=1S/C25H22N4O4/c1-16(24(30)33-29-23-14-8-7-13-22(23)26-27-29)28(2)25(31)32-15-21-19-11-5-3-9-17(19)18-10-4-6-12-20(18)21/h3-14,16,21H,15H2,1-2H3/t16-/m0/s1. The highest BCUT2D eigenvalue weighted by Crippen LogP contribution is 2.44. The summed E-state index contributed by atoms with van der Waals surface area (Å²) in [5, 5.41) is 7.79. The topological polar surface area (TPSA) is 86.6 Å². The number of hydrogen-bond acceptors (Lipinski definition) is 6. The molecule has 0 aliphatic heterocycles. The number of para-hydroxylation sites is 1. The first kappa shape index (κ1) is 20.7. The van der Waals surface area contributed by atoms with E-state index in [1.54, 1.807) is 25.1 Å². The van der Waals surface area contributed by atoms with Crippen LogP contribution in [-0.4, -0.2) is 51.8 Å². The van der Waals surface area contributed by atoms with Gasteiger partial charge in [-0.2, -0.15) is 0 Å². The van der Waals surface area contributed by atoms with Gasteiger partial charge in [-0.05, 0) is 46.5 Å². The Balaban J connectivity index is 1.25. The van der Waals surface area contributed by atoms with Crippen LogP contribution in [0, 0.1) is 0 Å². The van der Waals surface area contributed by atoms with Crippen molar-refractivity contribution in [3.05, 3.63) is 83.9 Å². The molecule has 33 heavy (non-hydrogen) atoms. The van der Waals surface area contributed by atoms with Gasteiger partial charge in [-0.1, -0.05) is 65.5 Å². The van der Waals surface area contributed by atoms with Gasteiger partial charge in [0.1, 0.15) is 23.7 Å². The fourth-order valence-corrected chi connectivity index (χ4v) is 4.09. The molecule has 0 radical (unpaired) electrons. The highest BCUT2D eigenvalue weighted by atomic mass is 16.7. The van der Waals surface area contributed by atoms with Crippen molar-refractivity contribution in [3.63, 3.8) is 0 Å². The van der Waals surface area contributed by atoms with Crippen LogP contribution in [0.25, 0.3) is 22.2 Å². The fourth-order valence-electron chi connectivity index (χ4n) is 4.09. The fraction of sp³-hybridized carbons (Fsp3) is 0.200. The molecule has 1 amide bonds. The van der Waals surface area contributed by atoms with Crippen LogP contribution >= 0.6 is 0 Å². The smallest absolute Gasteiger partial charge is 0.410 e. The normalized spacial score (nSPS) is 13.3. The van der Waals surface area contributed by atoms with Crippen molar-refractivity contribution in [2.75, 3.05) is 13.7 Å². The average molecular weight is 442 g/mol. The van der Waals surface area contributed by atoms with Gasteiger partial charge in [-0.3, -0.25) is 4.90 Å². The van der Waals surface area contributed by atoms with Gasteiger partial charge in [0.15, 0.2) is 0 Å². The summed E-state index contributed by atoms with van der Waals surface area (Å²) in [6, 6.07) is 22.5. The molecular formula is C25H22N4O4. The molecule has 1 heterocycles. The summed E-state index contributed by atoms with van der Waals surface area (Å²) < 4.78 is 5.62. The Kier molecular flexibility index (Phi) is 5.26. The summed E-state index contributed by atoms with van der Waals surface area (Å²) >= 11 is 0. The Bertz CT molecular complexity index is 1300. The van der Waals surface area contributed by atoms with E-state index in [1.165, 1.54) is 11.9 Å². The summed E-state index contributed by atoms with van der Waals surface area (Å²) in [5.41, 5.74) is 5.71. The molecule has 1 atom stereocenters. The molecule has 0 spiro atoms. The van der Waals surface area contributed by atoms with Gasteiger partial charge >= 0.3 is 12.1 Å². The Morgan fingerprint density at radius 2 is 1.58 bits per heavy atom. The zero-order chi connectivity index (χ0) is 22.9. The van der Waals surface area contributed by atoms with Gasteiger partial charge in [0, 0.05) is 13.0 Å². The Hall–Kier alpha value is -4.20. The van der Waals surface area contributed by atoms with E-state index in [1.807, 2.05) is 30.3 Å². The van der Waals surface area contributed by atoms with E-state index in [-0.39, 0.29) is 12.5 Å². The third-order valence-corrected chi connectivity index (χ3v) is 6.04. The Morgan fingerprint density at radius 1 is 0.970 bits per heavy atom. The number of amides is 1. The summed E-state index contributed by atoms with van der Waals surface area (Å²) in [5.74, 6) is -0.708. The number of likely N-dealkylation sites (N-methyl/N-ethyl adjacent to an activating group) is 1. The minimum Gasteiger partial charge on any atom is -0.448 e. The van der Waals surface area contributed by atoms with E-state index in [9.17, 15) is 9.59 Å². The molecule has 5 rings (SSSR count). The predicted octanol–water partition coefficient (Wildman–Crippen LogP) is 3.66. The molecule has 0 bridgehead atoms. The van der Waals surface area contributed by atoms with Crippen LogP contribution in [0.5, 0.6) is 0 Å². The van der Waals surface area contributed by atoms with E-state index in [4.69, 9.17) is 9.57 Å². The number of fused-ring (bicyclic) bond motifs is 4. The lowest BCUT2D eigenvalue weighted by molar-refractivity contribution is -0.150. The lowest BCUT2D eigenvalue weighted by atomic mass is 9.98. The van der Waals surface area contributed by atoms with Crippen molar-refractivity contribution in [2.24, 2.45) is 0 Å². The lowest BCUT2D eigenvalue weighted by Gasteiger charge is -2.23. The first-order valence-corrected chi connectivity index (χ1v) is 10.6. The van der Waals surface area contributed by atoms with Crippen molar-refractivity contribution in [3.8, 4) is 11.1 Å². The van der Waals surface area contributed by atoms with Crippen LogP contribution < -0.4 is 4.84 Å². The van der Waals surface area contributed by atoms with Crippen LogP contribution in [0.1, 0.15) is 24.0 Å². The molecule has 0 fully saturated rings. The summed E-state index contributed by atoms with van der Waals surface area (Å²) in [4.78, 5) is 33.0. The number of carbonyl (C=O) groups is 2. The molecule has 1 aromatic heterocycles. The third kappa shape index (κ3) is 3.69. The van der Waals surface area contributed by atoms with E-state index < -0.39 is 18.1 Å². The van der Waals surface area contributed by atoms with E-state index in [0.717, 1.165) is 27.1 Å². The predicted molar refractivity (Wildman–Crippen MR) is 121 cm³/mol. The SMILES string of the molecule is C[C@@H](C(=O)On1nnc2ccccc21)N(C)C(=O)OCC1c2ccccc2-c2ccccc21. The molecule has 8 nitrogen and oxygen atoms in total. The number of benzene rings is 3. The maximum absolute atomic E-state index is 12.7. The van der Waals surface area contributed by atoms with Crippen molar-refractivity contribution in [1.82, 2.24) is 20.1 Å².